The highest BCUT2D eigenvalue weighted by atomic mass is 32.2. The van der Waals surface area contributed by atoms with Crippen LogP contribution in [-0.4, -0.2) is 26.8 Å². The Hall–Kier alpha value is -2.00. The van der Waals surface area contributed by atoms with Gasteiger partial charge in [-0.2, -0.15) is 5.26 Å². The number of benzene rings is 1. The van der Waals surface area contributed by atoms with Gasteiger partial charge in [-0.15, -0.1) is 0 Å². The van der Waals surface area contributed by atoms with Gasteiger partial charge in [-0.05, 0) is 44.2 Å². The molecule has 6 heteroatoms. The molecule has 1 aliphatic rings. The second kappa shape index (κ2) is 9.27. The van der Waals surface area contributed by atoms with E-state index in [0.717, 1.165) is 54.8 Å². The molecule has 3 rings (SSSR count). The molecule has 2 aromatic rings. The molecule has 1 saturated carbocycles. The van der Waals surface area contributed by atoms with Crippen molar-refractivity contribution in [1.82, 2.24) is 14.9 Å². The number of nitrogens with zero attached hydrogens (tertiary/aromatic N) is 3. The molecule has 0 spiro atoms. The van der Waals surface area contributed by atoms with Gasteiger partial charge in [0.05, 0.1) is 22.9 Å². The van der Waals surface area contributed by atoms with Gasteiger partial charge < -0.3 is 9.88 Å². The predicted molar refractivity (Wildman–Crippen MR) is 110 cm³/mol. The van der Waals surface area contributed by atoms with Crippen LogP contribution in [0.1, 0.15) is 58.3 Å². The number of aromatic nitrogens is 2. The van der Waals surface area contributed by atoms with Gasteiger partial charge in [0.1, 0.15) is 5.54 Å². The molecule has 0 radical (unpaired) electrons. The summed E-state index contributed by atoms with van der Waals surface area (Å²) in [5, 5.41) is 13.3. The van der Waals surface area contributed by atoms with Gasteiger partial charge >= 0.3 is 0 Å². The Kier molecular flexibility index (Phi) is 6.78. The van der Waals surface area contributed by atoms with Crippen LogP contribution in [0, 0.1) is 11.3 Å². The second-order valence-electron chi connectivity index (χ2n) is 7.33. The van der Waals surface area contributed by atoms with Crippen LogP contribution in [0.5, 0.6) is 0 Å². The lowest BCUT2D eigenvalue weighted by Crippen LogP contribution is -2.45. The first-order valence-corrected chi connectivity index (χ1v) is 11.0. The Bertz CT molecular complexity index is 817. The number of hydrogen-bond donors (Lipinski definition) is 1. The second-order valence-corrected chi connectivity index (χ2v) is 8.28. The number of fused-ring (bicyclic) bond motifs is 1. The maximum absolute atomic E-state index is 12.4. The normalized spacial score (nSPS) is 15.7. The first kappa shape index (κ1) is 19.8. The maximum atomic E-state index is 12.4. The zero-order chi connectivity index (χ0) is 19.1. The molecule has 0 unspecified atom stereocenters. The van der Waals surface area contributed by atoms with E-state index in [9.17, 15) is 10.1 Å². The zero-order valence-corrected chi connectivity index (χ0v) is 16.9. The number of nitriles is 1. The maximum Gasteiger partial charge on any atom is 0.231 e. The lowest BCUT2D eigenvalue weighted by molar-refractivity contribution is -0.119. The molecule has 1 fully saturated rings. The van der Waals surface area contributed by atoms with Crippen molar-refractivity contribution in [3.8, 4) is 6.07 Å². The average Bonchev–Trinajstić information content (AvgIpc) is 3.29. The summed E-state index contributed by atoms with van der Waals surface area (Å²) in [5.41, 5.74) is 1.44. The van der Waals surface area contributed by atoms with Gasteiger partial charge in [0.2, 0.25) is 5.91 Å². The molecule has 1 N–H and O–H groups in total. The van der Waals surface area contributed by atoms with Crippen LogP contribution in [0.4, 0.5) is 0 Å². The fraction of sp³-hybridized carbons (Fsp3) is 0.571. The summed E-state index contributed by atoms with van der Waals surface area (Å²) < 4.78 is 2.23. The molecule has 0 aliphatic heterocycles. The third-order valence-corrected chi connectivity index (χ3v) is 6.21. The van der Waals surface area contributed by atoms with Gasteiger partial charge in [0.25, 0.3) is 0 Å². The van der Waals surface area contributed by atoms with E-state index >= 15 is 0 Å². The molecule has 144 valence electrons. The Morgan fingerprint density at radius 2 is 2.07 bits per heavy atom. The fourth-order valence-electron chi connectivity index (χ4n) is 3.75. The van der Waals surface area contributed by atoms with Gasteiger partial charge in [0, 0.05) is 6.54 Å². The Morgan fingerprint density at radius 1 is 1.30 bits per heavy atom. The van der Waals surface area contributed by atoms with Crippen LogP contribution < -0.4 is 5.32 Å². The van der Waals surface area contributed by atoms with Crippen molar-refractivity contribution in [2.45, 2.75) is 75.5 Å². The highest BCUT2D eigenvalue weighted by Crippen LogP contribution is 2.29. The van der Waals surface area contributed by atoms with Crippen LogP contribution in [0.2, 0.25) is 0 Å². The quantitative estimate of drug-likeness (QED) is 0.504. The number of rotatable bonds is 9. The fourth-order valence-corrected chi connectivity index (χ4v) is 4.59. The van der Waals surface area contributed by atoms with E-state index in [2.05, 4.69) is 28.9 Å². The van der Waals surface area contributed by atoms with Crippen LogP contribution in [0.3, 0.4) is 0 Å². The number of hydrogen-bond acceptors (Lipinski definition) is 4. The molecule has 1 aliphatic carbocycles. The summed E-state index contributed by atoms with van der Waals surface area (Å²) >= 11 is 1.47. The third-order valence-electron chi connectivity index (χ3n) is 5.24. The number of amides is 1. The molecule has 0 saturated heterocycles. The van der Waals surface area contributed by atoms with E-state index in [1.807, 2.05) is 18.2 Å². The Balaban J connectivity index is 1.66. The first-order chi connectivity index (χ1) is 13.2. The molecule has 0 atom stereocenters. The SMILES string of the molecule is CCCCCCn1c(SCC(=O)NC2(C#N)CCCC2)nc2ccccc21. The van der Waals surface area contributed by atoms with Gasteiger partial charge in [-0.1, -0.05) is 50.1 Å². The molecule has 1 aromatic carbocycles. The lowest BCUT2D eigenvalue weighted by Gasteiger charge is -2.21. The zero-order valence-electron chi connectivity index (χ0n) is 16.0. The molecular weight excluding hydrogens is 356 g/mol. The number of imidazole rings is 1. The lowest BCUT2D eigenvalue weighted by atomic mass is 10.0. The molecular formula is C21H28N4OS. The van der Waals surface area contributed by atoms with Gasteiger partial charge in [-0.3, -0.25) is 4.79 Å². The van der Waals surface area contributed by atoms with Crippen molar-refractivity contribution < 1.29 is 4.79 Å². The van der Waals surface area contributed by atoms with E-state index in [0.29, 0.717) is 5.75 Å². The number of nitrogens with one attached hydrogen (secondary N) is 1. The highest BCUT2D eigenvalue weighted by Gasteiger charge is 2.35. The summed E-state index contributed by atoms with van der Waals surface area (Å²) in [4.78, 5) is 17.2. The first-order valence-electron chi connectivity index (χ1n) is 9.98. The van der Waals surface area contributed by atoms with Gasteiger partial charge in [-0.25, -0.2) is 4.98 Å². The van der Waals surface area contributed by atoms with Crippen LogP contribution in [0.15, 0.2) is 29.4 Å². The number of unbranched alkanes of at least 4 members (excludes halogenated alkanes) is 3. The van der Waals surface area contributed by atoms with E-state index in [1.165, 1.54) is 31.0 Å². The predicted octanol–water partition coefficient (Wildman–Crippen LogP) is 4.66. The number of thioether (sulfide) groups is 1. The van der Waals surface area contributed by atoms with Crippen LogP contribution in [0.25, 0.3) is 11.0 Å². The number of para-hydroxylation sites is 2. The van der Waals surface area contributed by atoms with Crippen molar-refractivity contribution in [1.29, 1.82) is 5.26 Å². The van der Waals surface area contributed by atoms with Crippen LogP contribution in [-0.2, 0) is 11.3 Å². The summed E-state index contributed by atoms with van der Waals surface area (Å²) in [6, 6.07) is 10.5. The molecule has 1 heterocycles. The summed E-state index contributed by atoms with van der Waals surface area (Å²) in [7, 11) is 0. The van der Waals surface area contributed by atoms with Crippen molar-refractivity contribution in [3.63, 3.8) is 0 Å². The summed E-state index contributed by atoms with van der Waals surface area (Å²) in [6.45, 7) is 3.14. The van der Waals surface area contributed by atoms with E-state index < -0.39 is 5.54 Å². The third kappa shape index (κ3) is 4.84. The largest absolute Gasteiger partial charge is 0.337 e. The van der Waals surface area contributed by atoms with Crippen molar-refractivity contribution in [2.24, 2.45) is 0 Å². The van der Waals surface area contributed by atoms with Crippen molar-refractivity contribution in [2.75, 3.05) is 5.75 Å². The van der Waals surface area contributed by atoms with Crippen molar-refractivity contribution in [3.05, 3.63) is 24.3 Å². The highest BCUT2D eigenvalue weighted by molar-refractivity contribution is 7.99. The minimum absolute atomic E-state index is 0.0759. The molecule has 1 aromatic heterocycles. The number of carbonyl (C=O) groups is 1. The minimum Gasteiger partial charge on any atom is -0.337 e. The van der Waals surface area contributed by atoms with Gasteiger partial charge in [0.15, 0.2) is 5.16 Å². The molecule has 5 nitrogen and oxygen atoms in total. The minimum atomic E-state index is -0.655. The smallest absolute Gasteiger partial charge is 0.231 e. The standard InChI is InChI=1S/C21H28N4OS/c1-2-3-4-9-14-25-18-11-6-5-10-17(18)23-20(25)27-15-19(26)24-21(16-22)12-7-8-13-21/h5-6,10-11H,2-4,7-9,12-15H2,1H3,(H,24,26). The van der Waals surface area contributed by atoms with E-state index in [-0.39, 0.29) is 5.91 Å². The van der Waals surface area contributed by atoms with Crippen LogP contribution >= 0.6 is 11.8 Å². The van der Waals surface area contributed by atoms with E-state index in [1.54, 1.807) is 0 Å². The molecule has 1 amide bonds. The number of aryl methyl sites for hydroxylation is 1. The Morgan fingerprint density at radius 3 is 2.81 bits per heavy atom. The monoisotopic (exact) mass is 384 g/mol. The van der Waals surface area contributed by atoms with Crippen molar-refractivity contribution >= 4 is 28.7 Å². The molecule has 27 heavy (non-hydrogen) atoms. The average molecular weight is 385 g/mol. The topological polar surface area (TPSA) is 70.7 Å². The van der Waals surface area contributed by atoms with E-state index in [4.69, 9.17) is 4.98 Å². The summed E-state index contributed by atoms with van der Waals surface area (Å²) in [5.74, 6) is 0.217. The number of carbonyl (C=O) groups excluding carboxylic acids is 1. The summed E-state index contributed by atoms with van der Waals surface area (Å²) in [6.07, 6.45) is 8.32. The Labute approximate surface area is 165 Å². The molecule has 0 bridgehead atoms.